The Kier molecular flexibility index (Phi) is 9.12. The van der Waals surface area contributed by atoms with E-state index in [2.05, 4.69) is 28.7 Å². The quantitative estimate of drug-likeness (QED) is 0.671. The summed E-state index contributed by atoms with van der Waals surface area (Å²) in [7, 11) is 1.53. The maximum Gasteiger partial charge on any atom is 0.257 e. The first-order chi connectivity index (χ1) is 16.3. The van der Waals surface area contributed by atoms with Crippen LogP contribution < -0.4 is 4.90 Å². The van der Waals surface area contributed by atoms with Gasteiger partial charge < -0.3 is 14.5 Å². The zero-order valence-corrected chi connectivity index (χ0v) is 21.0. The summed E-state index contributed by atoms with van der Waals surface area (Å²) in [4.78, 5) is 41.3. The highest BCUT2D eigenvalue weighted by atomic mass is 16.5. The molecule has 2 amide bonds. The molecule has 0 saturated carbocycles. The van der Waals surface area contributed by atoms with E-state index < -0.39 is 0 Å². The van der Waals surface area contributed by atoms with Crippen LogP contribution in [0.4, 0.5) is 5.69 Å². The van der Waals surface area contributed by atoms with Gasteiger partial charge in [-0.2, -0.15) is 0 Å². The number of fused-ring (bicyclic) bond motifs is 1. The number of rotatable bonds is 5. The minimum absolute atomic E-state index is 0.0183. The lowest BCUT2D eigenvalue weighted by Gasteiger charge is -2.30. The average molecular weight is 468 g/mol. The van der Waals surface area contributed by atoms with Crippen LogP contribution in [0.1, 0.15) is 61.8 Å². The van der Waals surface area contributed by atoms with E-state index >= 15 is 0 Å². The summed E-state index contributed by atoms with van der Waals surface area (Å²) < 4.78 is 5.15. The minimum Gasteiger partial charge on any atom is -0.375 e. The molecule has 0 fully saturated rings. The van der Waals surface area contributed by atoms with Crippen LogP contribution in [0.25, 0.3) is 0 Å². The number of aromatic nitrogens is 2. The van der Waals surface area contributed by atoms with Gasteiger partial charge in [0.15, 0.2) is 0 Å². The molecule has 1 aromatic heterocycles. The van der Waals surface area contributed by atoms with Gasteiger partial charge in [-0.05, 0) is 31.9 Å². The van der Waals surface area contributed by atoms with E-state index in [9.17, 15) is 9.59 Å². The Bertz CT molecular complexity index is 961. The maximum atomic E-state index is 13.6. The molecule has 1 aliphatic heterocycles. The summed E-state index contributed by atoms with van der Waals surface area (Å²) in [5, 5.41) is 0. The van der Waals surface area contributed by atoms with E-state index in [0.29, 0.717) is 31.2 Å². The molecule has 1 aromatic carbocycles. The normalized spacial score (nSPS) is 15.9. The Balaban J connectivity index is 1.97. The maximum absolute atomic E-state index is 13.6. The number of ether oxygens (including phenoxy) is 1. The smallest absolute Gasteiger partial charge is 0.257 e. The molecule has 0 aliphatic carbocycles. The van der Waals surface area contributed by atoms with Crippen molar-refractivity contribution in [3.8, 4) is 0 Å². The molecule has 2 heterocycles. The topological polar surface area (TPSA) is 78.9 Å². The van der Waals surface area contributed by atoms with Crippen molar-refractivity contribution < 1.29 is 14.3 Å². The standard InChI is InChI=1S/C26H37N5O3/c1-19(2)25-27-15-22(16-28-25)26(33)30-14-13-29(20(3)4)11-8-12-31(24(32)18-34-5)23-10-7-6-9-21(23)17-30/h6-7,9-10,15-16,19-20H,8,11-14,17-18H2,1-5H3. The van der Waals surface area contributed by atoms with Gasteiger partial charge in [-0.25, -0.2) is 9.97 Å². The zero-order chi connectivity index (χ0) is 24.7. The van der Waals surface area contributed by atoms with Gasteiger partial charge in [-0.1, -0.05) is 32.0 Å². The van der Waals surface area contributed by atoms with Gasteiger partial charge in [-0.3, -0.25) is 14.5 Å². The number of para-hydroxylation sites is 1. The van der Waals surface area contributed by atoms with Crippen LogP contribution in [0.15, 0.2) is 36.7 Å². The van der Waals surface area contributed by atoms with Gasteiger partial charge >= 0.3 is 0 Å². The lowest BCUT2D eigenvalue weighted by Crippen LogP contribution is -2.41. The van der Waals surface area contributed by atoms with E-state index in [1.165, 1.54) is 7.11 Å². The zero-order valence-electron chi connectivity index (χ0n) is 21.0. The van der Waals surface area contributed by atoms with Crippen LogP contribution in [-0.4, -0.2) is 77.5 Å². The molecular formula is C26H37N5O3. The monoisotopic (exact) mass is 467 g/mol. The number of benzene rings is 1. The van der Waals surface area contributed by atoms with E-state index in [4.69, 9.17) is 4.74 Å². The Morgan fingerprint density at radius 1 is 1.00 bits per heavy atom. The molecule has 0 saturated heterocycles. The molecule has 0 spiro atoms. The lowest BCUT2D eigenvalue weighted by atomic mass is 10.1. The highest BCUT2D eigenvalue weighted by molar-refractivity contribution is 5.96. The first-order valence-corrected chi connectivity index (χ1v) is 12.0. The first-order valence-electron chi connectivity index (χ1n) is 12.0. The molecule has 2 aromatic rings. The SMILES string of the molecule is COCC(=O)N1CCCN(C(C)C)CCN(C(=O)c2cnc(C(C)C)nc2)Cc2ccccc21. The molecule has 0 atom stereocenters. The highest BCUT2D eigenvalue weighted by Crippen LogP contribution is 2.24. The Morgan fingerprint density at radius 3 is 2.35 bits per heavy atom. The van der Waals surface area contributed by atoms with E-state index in [0.717, 1.165) is 36.6 Å². The van der Waals surface area contributed by atoms with Crippen LogP contribution >= 0.6 is 0 Å². The average Bonchev–Trinajstić information content (AvgIpc) is 2.86. The number of carbonyl (C=O) groups excluding carboxylic acids is 2. The number of hydrogen-bond acceptors (Lipinski definition) is 6. The number of nitrogens with zero attached hydrogens (tertiary/aromatic N) is 5. The fraction of sp³-hybridized carbons (Fsp3) is 0.538. The van der Waals surface area contributed by atoms with E-state index in [1.54, 1.807) is 17.3 Å². The second-order valence-corrected chi connectivity index (χ2v) is 9.30. The molecule has 8 heteroatoms. The molecular weight excluding hydrogens is 430 g/mol. The molecule has 0 radical (unpaired) electrons. The second kappa shape index (κ2) is 12.0. The summed E-state index contributed by atoms with van der Waals surface area (Å²) in [6, 6.07) is 8.14. The second-order valence-electron chi connectivity index (χ2n) is 9.30. The van der Waals surface area contributed by atoms with Crippen molar-refractivity contribution in [1.82, 2.24) is 19.8 Å². The minimum atomic E-state index is -0.108. The van der Waals surface area contributed by atoms with Gasteiger partial charge in [0.1, 0.15) is 12.4 Å². The van der Waals surface area contributed by atoms with Crippen LogP contribution in [0, 0.1) is 0 Å². The number of carbonyl (C=O) groups is 2. The molecule has 184 valence electrons. The summed E-state index contributed by atoms with van der Waals surface area (Å²) in [5.41, 5.74) is 2.23. The molecule has 8 nitrogen and oxygen atoms in total. The molecule has 0 unspecified atom stereocenters. The first kappa shape index (κ1) is 25.8. The van der Waals surface area contributed by atoms with E-state index in [-0.39, 0.29) is 24.3 Å². The van der Waals surface area contributed by atoms with Gasteiger partial charge in [0, 0.05) is 69.9 Å². The lowest BCUT2D eigenvalue weighted by molar-refractivity contribution is -0.122. The molecule has 0 N–H and O–H groups in total. The van der Waals surface area contributed by atoms with Crippen molar-refractivity contribution in [3.05, 3.63) is 53.6 Å². The number of methoxy groups -OCH3 is 1. The van der Waals surface area contributed by atoms with Gasteiger partial charge in [0.2, 0.25) is 0 Å². The molecule has 3 rings (SSSR count). The highest BCUT2D eigenvalue weighted by Gasteiger charge is 2.25. The van der Waals surface area contributed by atoms with Crippen molar-refractivity contribution in [2.75, 3.05) is 44.8 Å². The summed E-state index contributed by atoms with van der Waals surface area (Å²) >= 11 is 0. The van der Waals surface area contributed by atoms with Crippen LogP contribution in [0.5, 0.6) is 0 Å². The fourth-order valence-electron chi connectivity index (χ4n) is 4.19. The number of amides is 2. The number of hydrogen-bond donors (Lipinski definition) is 0. The number of anilines is 1. The third-order valence-electron chi connectivity index (χ3n) is 6.15. The third-order valence-corrected chi connectivity index (χ3v) is 6.15. The Hall–Kier alpha value is -2.84. The Morgan fingerprint density at radius 2 is 1.71 bits per heavy atom. The summed E-state index contributed by atoms with van der Waals surface area (Å²) in [6.07, 6.45) is 4.08. The van der Waals surface area contributed by atoms with Crippen LogP contribution in [0.3, 0.4) is 0 Å². The van der Waals surface area contributed by atoms with Crippen molar-refractivity contribution in [1.29, 1.82) is 0 Å². The Labute approximate surface area is 202 Å². The summed E-state index contributed by atoms with van der Waals surface area (Å²) in [5.74, 6) is 0.727. The van der Waals surface area contributed by atoms with Crippen molar-refractivity contribution in [2.45, 2.75) is 52.6 Å². The third kappa shape index (κ3) is 6.39. The molecule has 0 bridgehead atoms. The van der Waals surface area contributed by atoms with Crippen molar-refractivity contribution in [2.24, 2.45) is 0 Å². The van der Waals surface area contributed by atoms with Gasteiger partial charge in [0.05, 0.1) is 5.56 Å². The van der Waals surface area contributed by atoms with Crippen molar-refractivity contribution in [3.63, 3.8) is 0 Å². The van der Waals surface area contributed by atoms with Gasteiger partial charge in [0.25, 0.3) is 11.8 Å². The fourth-order valence-corrected chi connectivity index (χ4v) is 4.19. The van der Waals surface area contributed by atoms with Gasteiger partial charge in [-0.15, -0.1) is 0 Å². The summed E-state index contributed by atoms with van der Waals surface area (Å²) in [6.45, 7) is 11.5. The van der Waals surface area contributed by atoms with Crippen LogP contribution in [0.2, 0.25) is 0 Å². The predicted molar refractivity (Wildman–Crippen MR) is 133 cm³/mol. The van der Waals surface area contributed by atoms with Crippen LogP contribution in [-0.2, 0) is 16.1 Å². The van der Waals surface area contributed by atoms with Crippen molar-refractivity contribution >= 4 is 17.5 Å². The van der Waals surface area contributed by atoms with E-state index in [1.807, 2.05) is 43.0 Å². The molecule has 1 aliphatic rings. The molecule has 34 heavy (non-hydrogen) atoms. The predicted octanol–water partition coefficient (Wildman–Crippen LogP) is 3.34. The largest absolute Gasteiger partial charge is 0.375 e.